The van der Waals surface area contributed by atoms with Gasteiger partial charge in [-0.05, 0) is 57.2 Å². The van der Waals surface area contributed by atoms with Crippen LogP contribution in [0.4, 0.5) is 0 Å². The van der Waals surface area contributed by atoms with Crippen LogP contribution in [0.3, 0.4) is 0 Å². The lowest BCUT2D eigenvalue weighted by Crippen LogP contribution is -2.59. The number of esters is 1. The van der Waals surface area contributed by atoms with Gasteiger partial charge >= 0.3 is 5.97 Å². The second-order valence-electron chi connectivity index (χ2n) is 18.1. The van der Waals surface area contributed by atoms with E-state index in [9.17, 15) is 28.8 Å². The number of nitrogens with one attached hydrogen (secondary N) is 3. The number of rotatable bonds is 28. The summed E-state index contributed by atoms with van der Waals surface area (Å²) in [4.78, 5) is 86.6. The number of benzene rings is 1. The predicted molar refractivity (Wildman–Crippen MR) is 246 cm³/mol. The number of nitrogens with zero attached hydrogens (tertiary/aromatic N) is 3. The molecule has 0 radical (unpaired) electrons. The number of hydrogen-bond acceptors (Lipinski definition) is 12. The minimum atomic E-state index is -0.920. The molecule has 1 unspecified atom stereocenters. The molecule has 0 aromatic heterocycles. The van der Waals surface area contributed by atoms with Crippen LogP contribution in [-0.2, 0) is 54.1 Å². The fourth-order valence-corrected chi connectivity index (χ4v) is 8.58. The monoisotopic (exact) mass is 904 g/mol. The average molecular weight is 904 g/mol. The van der Waals surface area contributed by atoms with E-state index in [0.717, 1.165) is 5.56 Å². The second-order valence-corrected chi connectivity index (χ2v) is 18.1. The fourth-order valence-electron chi connectivity index (χ4n) is 8.58. The van der Waals surface area contributed by atoms with Gasteiger partial charge in [-0.3, -0.25) is 33.7 Å². The van der Waals surface area contributed by atoms with E-state index in [1.165, 1.54) is 14.0 Å². The van der Waals surface area contributed by atoms with Gasteiger partial charge in [-0.2, -0.15) is 0 Å². The third kappa shape index (κ3) is 16.7. The van der Waals surface area contributed by atoms with Crippen molar-refractivity contribution in [2.75, 3.05) is 68.3 Å². The minimum absolute atomic E-state index is 0.0213. The molecule has 1 heterocycles. The highest BCUT2D eigenvalue weighted by atomic mass is 16.6. The molecule has 1 aromatic carbocycles. The van der Waals surface area contributed by atoms with Crippen LogP contribution in [0.5, 0.6) is 0 Å². The molecule has 1 fully saturated rings. The van der Waals surface area contributed by atoms with Crippen LogP contribution in [0.15, 0.2) is 30.3 Å². The largest absolute Gasteiger partial charge is 0.462 e. The van der Waals surface area contributed by atoms with Gasteiger partial charge < -0.3 is 50.4 Å². The van der Waals surface area contributed by atoms with Gasteiger partial charge in [0.1, 0.15) is 24.7 Å². The number of carbonyl (C=O) groups excluding carboxylic acids is 6. The Bertz CT molecular complexity index is 1600. The number of likely N-dealkylation sites (N-methyl/N-ethyl adjacent to an activating group) is 2. The van der Waals surface area contributed by atoms with Crippen molar-refractivity contribution in [2.24, 2.45) is 29.4 Å². The van der Waals surface area contributed by atoms with E-state index in [4.69, 9.17) is 24.7 Å². The lowest BCUT2D eigenvalue weighted by molar-refractivity contribution is -0.148. The lowest BCUT2D eigenvalue weighted by atomic mass is 9.89. The van der Waals surface area contributed by atoms with Crippen molar-refractivity contribution in [3.8, 4) is 0 Å². The highest BCUT2D eigenvalue weighted by Gasteiger charge is 2.43. The molecule has 5 amide bonds. The Morgan fingerprint density at radius 1 is 0.844 bits per heavy atom. The van der Waals surface area contributed by atoms with E-state index in [-0.39, 0.29) is 74.7 Å². The molecule has 0 spiro atoms. The topological polar surface area (TPSA) is 211 Å². The summed E-state index contributed by atoms with van der Waals surface area (Å²) in [5.41, 5.74) is 6.35. The normalized spacial score (nSPS) is 18.3. The Morgan fingerprint density at radius 2 is 1.50 bits per heavy atom. The summed E-state index contributed by atoms with van der Waals surface area (Å²) in [5, 5.41) is 8.81. The van der Waals surface area contributed by atoms with Crippen LogP contribution in [0.2, 0.25) is 0 Å². The molecule has 0 saturated carbocycles. The molecule has 17 heteroatoms. The first-order valence-electron chi connectivity index (χ1n) is 22.9. The van der Waals surface area contributed by atoms with Crippen molar-refractivity contribution < 1.29 is 47.7 Å². The molecule has 2 rings (SSSR count). The number of nitrogens with two attached hydrogens (primary N) is 1. The van der Waals surface area contributed by atoms with Gasteiger partial charge in [0.05, 0.1) is 55.9 Å². The van der Waals surface area contributed by atoms with Crippen molar-refractivity contribution >= 4 is 35.5 Å². The van der Waals surface area contributed by atoms with Crippen LogP contribution in [0, 0.1) is 23.7 Å². The third-order valence-electron chi connectivity index (χ3n) is 12.3. The van der Waals surface area contributed by atoms with Crippen molar-refractivity contribution in [1.82, 2.24) is 30.7 Å². The summed E-state index contributed by atoms with van der Waals surface area (Å²) < 4.78 is 22.5. The van der Waals surface area contributed by atoms with Crippen LogP contribution < -0.4 is 21.7 Å². The SMILES string of the molecule is CC[C@H](C)C([C@@H](CC(=O)N1CCC[C@H]1[C@H](OC)[C@@H](C)C(=O)N[C@@H](Cc1ccccc1)C(=O)NCCOCCOC(=O)[C@H](C)N)OC)N(C)C(=O)[C@@H](NC(=O)[C@H](C(C)C)N(C)C)C(C)C. The van der Waals surface area contributed by atoms with Gasteiger partial charge in [-0.25, -0.2) is 0 Å². The highest BCUT2D eigenvalue weighted by molar-refractivity contribution is 5.91. The summed E-state index contributed by atoms with van der Waals surface area (Å²) >= 11 is 0. The molecule has 10 atom stereocenters. The molecule has 1 aliphatic heterocycles. The van der Waals surface area contributed by atoms with Crippen molar-refractivity contribution in [3.05, 3.63) is 35.9 Å². The number of hydrogen-bond donors (Lipinski definition) is 4. The van der Waals surface area contributed by atoms with Crippen LogP contribution >= 0.6 is 0 Å². The Balaban J connectivity index is 2.23. The van der Waals surface area contributed by atoms with E-state index < -0.39 is 72.2 Å². The summed E-state index contributed by atoms with van der Waals surface area (Å²) in [6.07, 6.45) is 0.854. The maximum Gasteiger partial charge on any atom is 0.322 e. The number of carbonyl (C=O) groups is 6. The Morgan fingerprint density at radius 3 is 2.05 bits per heavy atom. The first-order chi connectivity index (χ1) is 30.2. The fraction of sp³-hybridized carbons (Fsp3) is 0.745. The Kier molecular flexibility index (Phi) is 24.5. The molecule has 64 heavy (non-hydrogen) atoms. The summed E-state index contributed by atoms with van der Waals surface area (Å²) in [6, 6.07) is 5.56. The standard InChI is InChI=1S/C47H81N7O10/c1-14-31(6)41(53(11)46(59)39(29(2)3)51-45(58)40(30(4)5)52(9)10)37(61-12)28-38(55)54-23-18-21-36(54)42(62-13)32(7)43(56)50-35(27-34-19-16-15-17-20-34)44(57)49-22-24-63-25-26-64-47(60)33(8)48/h15-17,19-20,29-33,35-37,39-42H,14,18,21-28,48H2,1-13H3,(H,49,57)(H,50,56)(H,51,58)/t31-,32+,33-,35-,36-,37+,39-,40-,41?,42+/m0/s1. The van der Waals surface area contributed by atoms with Gasteiger partial charge in [0.15, 0.2) is 0 Å². The van der Waals surface area contributed by atoms with E-state index in [2.05, 4.69) is 16.0 Å². The van der Waals surface area contributed by atoms with E-state index >= 15 is 0 Å². The molecule has 364 valence electrons. The van der Waals surface area contributed by atoms with Crippen LogP contribution in [0.1, 0.15) is 86.6 Å². The van der Waals surface area contributed by atoms with Crippen molar-refractivity contribution in [1.29, 1.82) is 0 Å². The van der Waals surface area contributed by atoms with Crippen LogP contribution in [-0.4, -0.2) is 167 Å². The van der Waals surface area contributed by atoms with Gasteiger partial charge in [-0.15, -0.1) is 0 Å². The Labute approximate surface area is 382 Å². The van der Waals surface area contributed by atoms with E-state index in [0.29, 0.717) is 25.8 Å². The highest BCUT2D eigenvalue weighted by Crippen LogP contribution is 2.30. The number of likely N-dealkylation sites (tertiary alicyclic amines) is 1. The molecule has 1 saturated heterocycles. The Hall–Kier alpha value is -4.16. The smallest absolute Gasteiger partial charge is 0.322 e. The van der Waals surface area contributed by atoms with Crippen LogP contribution in [0.25, 0.3) is 0 Å². The summed E-state index contributed by atoms with van der Waals surface area (Å²) in [6.45, 7) is 16.0. The second kappa shape index (κ2) is 28.0. The molecule has 1 aliphatic rings. The molecular weight excluding hydrogens is 823 g/mol. The minimum Gasteiger partial charge on any atom is -0.462 e. The summed E-state index contributed by atoms with van der Waals surface area (Å²) in [5.74, 6) is -2.99. The molecule has 0 bridgehead atoms. The van der Waals surface area contributed by atoms with E-state index in [1.54, 1.807) is 30.9 Å². The van der Waals surface area contributed by atoms with Gasteiger partial charge in [0.2, 0.25) is 29.5 Å². The molecule has 1 aromatic rings. The molecule has 5 N–H and O–H groups in total. The van der Waals surface area contributed by atoms with Crippen molar-refractivity contribution in [3.63, 3.8) is 0 Å². The third-order valence-corrected chi connectivity index (χ3v) is 12.3. The van der Waals surface area contributed by atoms with Gasteiger partial charge in [-0.1, -0.05) is 85.2 Å². The number of methoxy groups -OCH3 is 2. The van der Waals surface area contributed by atoms with Gasteiger partial charge in [0.25, 0.3) is 0 Å². The maximum atomic E-state index is 14.4. The maximum absolute atomic E-state index is 14.4. The summed E-state index contributed by atoms with van der Waals surface area (Å²) in [7, 11) is 8.47. The zero-order chi connectivity index (χ0) is 48.3. The number of ether oxygens (including phenoxy) is 4. The quantitative estimate of drug-likeness (QED) is 0.0706. The van der Waals surface area contributed by atoms with Crippen molar-refractivity contribution in [2.45, 2.75) is 136 Å². The molecular formula is C47H81N7O10. The zero-order valence-electron chi connectivity index (χ0n) is 40.9. The first kappa shape index (κ1) is 56.0. The molecule has 17 nitrogen and oxygen atoms in total. The molecule has 0 aliphatic carbocycles. The zero-order valence-corrected chi connectivity index (χ0v) is 40.9. The predicted octanol–water partition coefficient (Wildman–Crippen LogP) is 2.38. The van der Waals surface area contributed by atoms with E-state index in [1.807, 2.05) is 90.9 Å². The lowest BCUT2D eigenvalue weighted by Gasteiger charge is -2.41. The average Bonchev–Trinajstić information content (AvgIpc) is 3.73. The number of amides is 5. The first-order valence-corrected chi connectivity index (χ1v) is 22.9. The van der Waals surface area contributed by atoms with Gasteiger partial charge in [0, 0.05) is 40.8 Å².